The van der Waals surface area contributed by atoms with Crippen LogP contribution in [0.4, 0.5) is 22.1 Å². The number of hydrogen-bond donors (Lipinski definition) is 5. The summed E-state index contributed by atoms with van der Waals surface area (Å²) in [7, 11) is 0. The summed E-state index contributed by atoms with van der Waals surface area (Å²) in [5, 5.41) is 8.93. The highest BCUT2D eigenvalue weighted by Crippen LogP contribution is 2.39. The van der Waals surface area contributed by atoms with E-state index in [1.165, 1.54) is 0 Å². The maximum atomic E-state index is 13.5. The predicted octanol–water partition coefficient (Wildman–Crippen LogP) is 0.103. The first-order valence-electron chi connectivity index (χ1n) is 12.5. The number of fused-ring (bicyclic) bond motifs is 4. The van der Waals surface area contributed by atoms with Gasteiger partial charge in [0.15, 0.2) is 17.4 Å². The maximum Gasteiger partial charge on any atom is 0.329 e. The average molecular weight is 541 g/mol. The van der Waals surface area contributed by atoms with Crippen LogP contribution in [0.15, 0.2) is 35.6 Å². The number of amides is 3. The fourth-order valence-corrected chi connectivity index (χ4v) is 4.76. The van der Waals surface area contributed by atoms with Crippen molar-refractivity contribution >= 4 is 35.1 Å². The topological polar surface area (TPSA) is 195 Å². The number of nitrogens with one attached hydrogen (secondary N) is 3. The van der Waals surface area contributed by atoms with Gasteiger partial charge >= 0.3 is 6.03 Å². The van der Waals surface area contributed by atoms with Gasteiger partial charge in [-0.2, -0.15) is 5.10 Å². The number of anilines is 3. The molecule has 0 saturated carbocycles. The number of pyridine rings is 2. The molecule has 3 amide bonds. The van der Waals surface area contributed by atoms with Crippen LogP contribution >= 0.6 is 0 Å². The summed E-state index contributed by atoms with van der Waals surface area (Å²) in [5.74, 6) is 10.9. The van der Waals surface area contributed by atoms with E-state index in [0.717, 1.165) is 18.7 Å². The van der Waals surface area contributed by atoms with E-state index in [4.69, 9.17) is 25.9 Å². The Morgan fingerprint density at radius 3 is 2.90 bits per heavy atom. The number of nitrogens with zero attached hydrogens (tertiary/aromatic N) is 5. The molecule has 208 valence electrons. The third-order valence-electron chi connectivity index (χ3n) is 6.61. The zero-order chi connectivity index (χ0) is 27.6. The maximum absolute atomic E-state index is 13.5. The van der Waals surface area contributed by atoms with Crippen LogP contribution in [0.3, 0.4) is 0 Å². The van der Waals surface area contributed by atoms with Gasteiger partial charge in [0.25, 0.3) is 5.91 Å². The molecule has 3 aliphatic rings. The monoisotopic (exact) mass is 540 g/mol. The van der Waals surface area contributed by atoms with Crippen molar-refractivity contribution in [2.75, 3.05) is 48.0 Å². The van der Waals surface area contributed by atoms with Crippen LogP contribution in [0, 0.1) is 0 Å². The smallest absolute Gasteiger partial charge is 0.329 e. The first kappa shape index (κ1) is 26.4. The van der Waals surface area contributed by atoms with Crippen molar-refractivity contribution in [3.63, 3.8) is 0 Å². The molecule has 0 spiro atoms. The van der Waals surface area contributed by atoms with Crippen molar-refractivity contribution in [3.05, 3.63) is 36.2 Å². The Morgan fingerprint density at radius 1 is 1.31 bits per heavy atom. The molecular formula is C24H32N10O5. The lowest BCUT2D eigenvalue weighted by Crippen LogP contribution is -2.48. The van der Waals surface area contributed by atoms with Crippen molar-refractivity contribution in [3.8, 4) is 5.75 Å². The Bertz CT molecular complexity index is 1270. The lowest BCUT2D eigenvalue weighted by Gasteiger charge is -2.35. The Hall–Kier alpha value is -4.21. The van der Waals surface area contributed by atoms with Gasteiger partial charge in [0.05, 0.1) is 24.9 Å². The van der Waals surface area contributed by atoms with Gasteiger partial charge in [-0.25, -0.2) is 20.6 Å². The van der Waals surface area contributed by atoms with Gasteiger partial charge < -0.3 is 35.7 Å². The lowest BCUT2D eigenvalue weighted by molar-refractivity contribution is -0.141. The first-order chi connectivity index (χ1) is 18.8. The van der Waals surface area contributed by atoms with E-state index in [-0.39, 0.29) is 30.2 Å². The second kappa shape index (κ2) is 10.9. The number of carbonyl (C=O) groups excluding carboxylic acids is 2. The number of carbonyl (C=O) groups is 2. The Labute approximate surface area is 224 Å². The zero-order valence-electron chi connectivity index (χ0n) is 21.7. The highest BCUT2D eigenvalue weighted by molar-refractivity contribution is 6.05. The minimum atomic E-state index is -0.635. The molecule has 5 rings (SSSR count). The van der Waals surface area contributed by atoms with Gasteiger partial charge in [-0.3, -0.25) is 15.0 Å². The third-order valence-corrected chi connectivity index (χ3v) is 6.61. The molecule has 3 aliphatic heterocycles. The summed E-state index contributed by atoms with van der Waals surface area (Å²) < 4.78 is 17.2. The van der Waals surface area contributed by atoms with Crippen molar-refractivity contribution in [1.82, 2.24) is 20.7 Å². The number of amidine groups is 1. The Morgan fingerprint density at radius 2 is 2.15 bits per heavy atom. The molecule has 39 heavy (non-hydrogen) atoms. The fraction of sp³-hybridized carbons (Fsp3) is 0.458. The number of hydrazine groups is 1. The number of aromatic nitrogens is 2. The van der Waals surface area contributed by atoms with Gasteiger partial charge in [0, 0.05) is 25.4 Å². The largest absolute Gasteiger partial charge is 0.491 e. The molecule has 15 nitrogen and oxygen atoms in total. The molecular weight excluding hydrogens is 508 g/mol. The molecule has 0 aromatic carbocycles. The van der Waals surface area contributed by atoms with Crippen LogP contribution in [0.25, 0.3) is 0 Å². The van der Waals surface area contributed by atoms with Crippen LogP contribution in [0.1, 0.15) is 30.8 Å². The highest BCUT2D eigenvalue weighted by atomic mass is 16.7. The number of rotatable bonds is 7. The second-order valence-corrected chi connectivity index (χ2v) is 9.77. The summed E-state index contributed by atoms with van der Waals surface area (Å²) in [6, 6.07) is 6.24. The molecule has 0 radical (unpaired) electrons. The molecule has 0 aliphatic carbocycles. The lowest BCUT2D eigenvalue weighted by atomic mass is 10.1. The van der Waals surface area contributed by atoms with Crippen molar-refractivity contribution < 1.29 is 23.8 Å². The van der Waals surface area contributed by atoms with Crippen LogP contribution in [-0.2, 0) is 9.47 Å². The number of nitrogens with two attached hydrogens (primary N) is 2. The second-order valence-electron chi connectivity index (χ2n) is 9.77. The standard InChI is InChI=1S/C24H32N10O5/c1-24(2)38-13-16(39-24)12-37-15-5-7-27-19(9-15)30-23(36)34-14-6-8-33(11-14)18-4-3-17(29-21(18)34)22(35)28-10-20(31-25)32-26/h3-5,7,9,14,16H,6,8,10-13,25-26H2,1-2H3,(H,28,35)(H,31,32)(H,27,30,36). The van der Waals surface area contributed by atoms with Crippen molar-refractivity contribution in [1.29, 1.82) is 0 Å². The summed E-state index contributed by atoms with van der Waals surface area (Å²) >= 11 is 0. The summed E-state index contributed by atoms with van der Waals surface area (Å²) in [5.41, 5.74) is 3.21. The summed E-state index contributed by atoms with van der Waals surface area (Å²) in [4.78, 5) is 38.8. The minimum absolute atomic E-state index is 0.00864. The van der Waals surface area contributed by atoms with Gasteiger partial charge in [0.2, 0.25) is 0 Å². The molecule has 15 heteroatoms. The van der Waals surface area contributed by atoms with E-state index in [0.29, 0.717) is 37.1 Å². The number of hydrogen-bond acceptors (Lipinski definition) is 11. The number of ether oxygens (including phenoxy) is 3. The van der Waals surface area contributed by atoms with Gasteiger partial charge in [-0.05, 0) is 38.5 Å². The predicted molar refractivity (Wildman–Crippen MR) is 142 cm³/mol. The molecule has 7 N–H and O–H groups in total. The Kier molecular flexibility index (Phi) is 7.36. The molecule has 2 aromatic heterocycles. The van der Waals surface area contributed by atoms with Gasteiger partial charge in [-0.15, -0.1) is 0 Å². The third kappa shape index (κ3) is 5.79. The fourth-order valence-electron chi connectivity index (χ4n) is 4.76. The minimum Gasteiger partial charge on any atom is -0.491 e. The zero-order valence-corrected chi connectivity index (χ0v) is 21.7. The summed E-state index contributed by atoms with van der Waals surface area (Å²) in [6.07, 6.45) is 2.12. The van der Waals surface area contributed by atoms with E-state index in [1.54, 1.807) is 35.4 Å². The van der Waals surface area contributed by atoms with Crippen LogP contribution in [0.5, 0.6) is 5.75 Å². The Balaban J connectivity index is 1.29. The number of hydrazone groups is 1. The van der Waals surface area contributed by atoms with E-state index in [9.17, 15) is 9.59 Å². The molecule has 5 heterocycles. The average Bonchev–Trinajstić information content (AvgIpc) is 3.50. The van der Waals surface area contributed by atoms with E-state index >= 15 is 0 Å². The van der Waals surface area contributed by atoms with Crippen molar-refractivity contribution in [2.45, 2.75) is 38.2 Å². The molecule has 2 fully saturated rings. The number of urea groups is 1. The van der Waals surface area contributed by atoms with Gasteiger partial charge in [-0.1, -0.05) is 0 Å². The van der Waals surface area contributed by atoms with Crippen LogP contribution in [-0.4, -0.2) is 78.5 Å². The quantitative estimate of drug-likeness (QED) is 0.138. The van der Waals surface area contributed by atoms with E-state index in [1.807, 2.05) is 13.8 Å². The van der Waals surface area contributed by atoms with Crippen LogP contribution in [0.2, 0.25) is 0 Å². The molecule has 2 bridgehead atoms. The van der Waals surface area contributed by atoms with Crippen LogP contribution < -0.4 is 42.3 Å². The van der Waals surface area contributed by atoms with Gasteiger partial charge in [0.1, 0.15) is 30.0 Å². The summed E-state index contributed by atoms with van der Waals surface area (Å²) in [6.45, 7) is 5.88. The first-order valence-corrected chi connectivity index (χ1v) is 12.5. The molecule has 2 atom stereocenters. The normalized spacial score (nSPS) is 21.4. The van der Waals surface area contributed by atoms with Crippen molar-refractivity contribution in [2.24, 2.45) is 16.8 Å². The molecule has 2 aromatic rings. The van der Waals surface area contributed by atoms with E-state index in [2.05, 4.69) is 36.0 Å². The molecule has 2 saturated heterocycles. The highest BCUT2D eigenvalue weighted by Gasteiger charge is 2.40. The molecule has 2 unspecified atom stereocenters. The SMILES string of the molecule is CC1(C)OCC(COc2ccnc(NC(=O)N3c4nc(C(=O)NC/C(=N/N)NN)ccc4N4CCC3C4)c2)O1. The van der Waals surface area contributed by atoms with E-state index < -0.39 is 17.7 Å².